The molecule has 0 atom stereocenters. The van der Waals surface area contributed by atoms with E-state index in [0.717, 1.165) is 18.9 Å². The molecule has 1 aromatic carbocycles. The highest BCUT2D eigenvalue weighted by Gasteiger charge is 2.35. The second-order valence-corrected chi connectivity index (χ2v) is 5.25. The molecule has 2 rings (SSSR count). The standard InChI is InChI=1S/C12H11BrF3NO2/c1-17(8-3-4-8)11(18)9-6-7(13)2-5-10(9)19-12(14,15)16/h2,5-6,8H,3-4H2,1H3. The van der Waals surface area contributed by atoms with Crippen molar-refractivity contribution in [3.8, 4) is 5.75 Å². The van der Waals surface area contributed by atoms with Crippen LogP contribution >= 0.6 is 15.9 Å². The highest BCUT2D eigenvalue weighted by atomic mass is 79.9. The van der Waals surface area contributed by atoms with Crippen LogP contribution in [0.5, 0.6) is 5.75 Å². The Kier molecular flexibility index (Phi) is 3.75. The van der Waals surface area contributed by atoms with E-state index in [0.29, 0.717) is 4.47 Å². The Balaban J connectivity index is 2.31. The number of benzene rings is 1. The van der Waals surface area contributed by atoms with Gasteiger partial charge in [-0.05, 0) is 31.0 Å². The Morgan fingerprint density at radius 1 is 1.42 bits per heavy atom. The molecule has 1 amide bonds. The molecule has 1 aliphatic carbocycles. The van der Waals surface area contributed by atoms with Crippen LogP contribution in [0.1, 0.15) is 23.2 Å². The molecule has 0 spiro atoms. The lowest BCUT2D eigenvalue weighted by atomic mass is 10.1. The number of ether oxygens (including phenoxy) is 1. The summed E-state index contributed by atoms with van der Waals surface area (Å²) >= 11 is 3.14. The van der Waals surface area contributed by atoms with Crippen LogP contribution in [-0.4, -0.2) is 30.3 Å². The third-order valence-corrected chi connectivity index (χ3v) is 3.31. The number of hydrogen-bond donors (Lipinski definition) is 0. The number of carbonyl (C=O) groups excluding carboxylic acids is 1. The van der Waals surface area contributed by atoms with Crippen molar-refractivity contribution >= 4 is 21.8 Å². The zero-order valence-corrected chi connectivity index (χ0v) is 11.6. The van der Waals surface area contributed by atoms with E-state index in [9.17, 15) is 18.0 Å². The van der Waals surface area contributed by atoms with Gasteiger partial charge in [-0.15, -0.1) is 13.2 Å². The van der Waals surface area contributed by atoms with Gasteiger partial charge in [-0.3, -0.25) is 4.79 Å². The van der Waals surface area contributed by atoms with Crippen molar-refractivity contribution in [3.05, 3.63) is 28.2 Å². The number of carbonyl (C=O) groups is 1. The van der Waals surface area contributed by atoms with Crippen molar-refractivity contribution in [2.24, 2.45) is 0 Å². The lowest BCUT2D eigenvalue weighted by Crippen LogP contribution is -2.30. The number of rotatable bonds is 3. The molecule has 1 fully saturated rings. The van der Waals surface area contributed by atoms with E-state index in [4.69, 9.17) is 0 Å². The van der Waals surface area contributed by atoms with Crippen LogP contribution in [-0.2, 0) is 0 Å². The third-order valence-electron chi connectivity index (χ3n) is 2.81. The monoisotopic (exact) mass is 337 g/mol. The molecule has 0 saturated heterocycles. The molecular weight excluding hydrogens is 327 g/mol. The Hall–Kier alpha value is -1.24. The molecule has 0 heterocycles. The van der Waals surface area contributed by atoms with Gasteiger partial charge in [-0.2, -0.15) is 0 Å². The summed E-state index contributed by atoms with van der Waals surface area (Å²) in [6, 6.07) is 3.98. The molecule has 0 aliphatic heterocycles. The van der Waals surface area contributed by atoms with Gasteiger partial charge < -0.3 is 9.64 Å². The van der Waals surface area contributed by atoms with Gasteiger partial charge in [0.15, 0.2) is 0 Å². The van der Waals surface area contributed by atoms with Crippen molar-refractivity contribution in [3.63, 3.8) is 0 Å². The van der Waals surface area contributed by atoms with Gasteiger partial charge in [0.05, 0.1) is 5.56 Å². The van der Waals surface area contributed by atoms with Gasteiger partial charge in [0.2, 0.25) is 0 Å². The van der Waals surface area contributed by atoms with Crippen molar-refractivity contribution in [1.82, 2.24) is 4.90 Å². The Bertz CT molecular complexity index is 500. The Morgan fingerprint density at radius 2 is 2.05 bits per heavy atom. The molecule has 0 unspecified atom stereocenters. The number of nitrogens with zero attached hydrogens (tertiary/aromatic N) is 1. The summed E-state index contributed by atoms with van der Waals surface area (Å²) in [5.41, 5.74) is -0.0962. The van der Waals surface area contributed by atoms with E-state index >= 15 is 0 Å². The highest BCUT2D eigenvalue weighted by molar-refractivity contribution is 9.10. The second kappa shape index (κ2) is 5.03. The van der Waals surface area contributed by atoms with Crippen LogP contribution in [0.4, 0.5) is 13.2 Å². The second-order valence-electron chi connectivity index (χ2n) is 4.34. The predicted molar refractivity (Wildman–Crippen MR) is 65.9 cm³/mol. The highest BCUT2D eigenvalue weighted by Crippen LogP contribution is 2.32. The van der Waals surface area contributed by atoms with Gasteiger partial charge in [-0.25, -0.2) is 0 Å². The molecule has 0 N–H and O–H groups in total. The molecule has 3 nitrogen and oxygen atoms in total. The van der Waals surface area contributed by atoms with Gasteiger partial charge in [0, 0.05) is 17.6 Å². The SMILES string of the molecule is CN(C(=O)c1cc(Br)ccc1OC(F)(F)F)C1CC1. The summed E-state index contributed by atoms with van der Waals surface area (Å²) in [5, 5.41) is 0. The topological polar surface area (TPSA) is 29.5 Å². The zero-order chi connectivity index (χ0) is 14.2. The predicted octanol–water partition coefficient (Wildman–Crippen LogP) is 3.58. The van der Waals surface area contributed by atoms with Crippen LogP contribution in [0.2, 0.25) is 0 Å². The summed E-state index contributed by atoms with van der Waals surface area (Å²) < 4.78 is 41.3. The van der Waals surface area contributed by atoms with Crippen molar-refractivity contribution in [2.45, 2.75) is 25.2 Å². The number of hydrogen-bond acceptors (Lipinski definition) is 2. The molecule has 0 aromatic heterocycles. The van der Waals surface area contributed by atoms with Gasteiger partial charge in [0.25, 0.3) is 5.91 Å². The van der Waals surface area contributed by atoms with Gasteiger partial charge >= 0.3 is 6.36 Å². The number of halogens is 4. The zero-order valence-electron chi connectivity index (χ0n) is 10.00. The smallest absolute Gasteiger partial charge is 0.405 e. The van der Waals surface area contributed by atoms with E-state index in [1.165, 1.54) is 17.0 Å². The van der Waals surface area contributed by atoms with Crippen molar-refractivity contribution in [2.75, 3.05) is 7.05 Å². The minimum absolute atomic E-state index is 0.0962. The van der Waals surface area contributed by atoms with E-state index in [1.807, 2.05) is 0 Å². The average Bonchev–Trinajstić information content (AvgIpc) is 3.12. The Labute approximate surface area is 116 Å². The van der Waals surface area contributed by atoms with E-state index in [-0.39, 0.29) is 11.6 Å². The first-order valence-corrected chi connectivity index (χ1v) is 6.39. The average molecular weight is 338 g/mol. The third kappa shape index (κ3) is 3.62. The largest absolute Gasteiger partial charge is 0.573 e. The molecule has 0 radical (unpaired) electrons. The first kappa shape index (κ1) is 14.2. The molecular formula is C12H11BrF3NO2. The normalized spacial score (nSPS) is 15.2. The van der Waals surface area contributed by atoms with Crippen molar-refractivity contribution < 1.29 is 22.7 Å². The fourth-order valence-electron chi connectivity index (χ4n) is 1.70. The molecule has 1 saturated carbocycles. The lowest BCUT2D eigenvalue weighted by molar-refractivity contribution is -0.274. The molecule has 104 valence electrons. The maximum Gasteiger partial charge on any atom is 0.573 e. The van der Waals surface area contributed by atoms with Crippen LogP contribution in [0.15, 0.2) is 22.7 Å². The summed E-state index contributed by atoms with van der Waals surface area (Å²) in [6.45, 7) is 0. The van der Waals surface area contributed by atoms with Crippen LogP contribution in [0.25, 0.3) is 0 Å². The fraction of sp³-hybridized carbons (Fsp3) is 0.417. The minimum atomic E-state index is -4.82. The number of amides is 1. The van der Waals surface area contributed by atoms with Crippen molar-refractivity contribution in [1.29, 1.82) is 0 Å². The van der Waals surface area contributed by atoms with Gasteiger partial charge in [-0.1, -0.05) is 15.9 Å². The number of alkyl halides is 3. The summed E-state index contributed by atoms with van der Waals surface area (Å²) in [4.78, 5) is 13.6. The molecule has 7 heteroatoms. The van der Waals surface area contributed by atoms with Crippen LogP contribution in [0.3, 0.4) is 0 Å². The maximum absolute atomic E-state index is 12.3. The quantitative estimate of drug-likeness (QED) is 0.843. The van der Waals surface area contributed by atoms with Gasteiger partial charge in [0.1, 0.15) is 5.75 Å². The van der Waals surface area contributed by atoms with E-state index < -0.39 is 18.0 Å². The first-order chi connectivity index (χ1) is 8.78. The first-order valence-electron chi connectivity index (χ1n) is 5.60. The van der Waals surface area contributed by atoms with E-state index in [2.05, 4.69) is 20.7 Å². The lowest BCUT2D eigenvalue weighted by Gasteiger charge is -2.19. The molecule has 1 aromatic rings. The Morgan fingerprint density at radius 3 is 2.58 bits per heavy atom. The van der Waals surface area contributed by atoms with Crippen LogP contribution < -0.4 is 4.74 Å². The van der Waals surface area contributed by atoms with E-state index in [1.54, 1.807) is 7.05 Å². The summed E-state index contributed by atoms with van der Waals surface area (Å²) in [7, 11) is 1.58. The summed E-state index contributed by atoms with van der Waals surface area (Å²) in [6.07, 6.45) is -3.06. The molecule has 1 aliphatic rings. The molecule has 19 heavy (non-hydrogen) atoms. The molecule has 0 bridgehead atoms. The maximum atomic E-state index is 12.3. The minimum Gasteiger partial charge on any atom is -0.405 e. The summed E-state index contributed by atoms with van der Waals surface area (Å²) in [5.74, 6) is -0.948. The fourth-order valence-corrected chi connectivity index (χ4v) is 2.06. The van der Waals surface area contributed by atoms with Crippen LogP contribution in [0, 0.1) is 0 Å².